The third kappa shape index (κ3) is 1.17. The van der Waals surface area contributed by atoms with Crippen LogP contribution < -0.4 is 5.56 Å². The molecule has 0 amide bonds. The first-order valence-corrected chi connectivity index (χ1v) is 4.49. The van der Waals surface area contributed by atoms with Crippen molar-refractivity contribution < 1.29 is 0 Å². The topological polar surface area (TPSA) is 32.9 Å². The molecule has 12 heavy (non-hydrogen) atoms. The second-order valence-corrected chi connectivity index (χ2v) is 3.55. The highest BCUT2D eigenvalue weighted by Gasteiger charge is 2.15. The molecule has 0 aromatic carbocycles. The van der Waals surface area contributed by atoms with Crippen LogP contribution >= 0.6 is 0 Å². The Bertz CT molecular complexity index is 340. The predicted octanol–water partition coefficient (Wildman–Crippen LogP) is 1.81. The van der Waals surface area contributed by atoms with Crippen molar-refractivity contribution >= 4 is 0 Å². The van der Waals surface area contributed by atoms with E-state index in [9.17, 15) is 4.79 Å². The zero-order valence-corrected chi connectivity index (χ0v) is 7.26. The number of hydrogen-bond acceptors (Lipinski definition) is 1. The van der Waals surface area contributed by atoms with Gasteiger partial charge < -0.3 is 4.98 Å². The molecule has 0 aliphatic heterocycles. The van der Waals surface area contributed by atoms with E-state index >= 15 is 0 Å². The first-order valence-electron chi connectivity index (χ1n) is 4.49. The van der Waals surface area contributed by atoms with Gasteiger partial charge in [0.2, 0.25) is 5.56 Å². The summed E-state index contributed by atoms with van der Waals surface area (Å²) < 4.78 is 0. The minimum Gasteiger partial charge on any atom is -0.326 e. The molecule has 2 nitrogen and oxygen atoms in total. The lowest BCUT2D eigenvalue weighted by atomic mass is 9.87. The molecule has 1 unspecified atom stereocenters. The van der Waals surface area contributed by atoms with Gasteiger partial charge in [-0.05, 0) is 30.7 Å². The number of H-pyrrole nitrogens is 1. The molecule has 1 heterocycles. The zero-order chi connectivity index (χ0) is 8.55. The molecule has 1 aliphatic rings. The minimum absolute atomic E-state index is 0.0304. The largest absolute Gasteiger partial charge is 0.326 e. The molecule has 1 aromatic heterocycles. The molecule has 1 N–H and O–H groups in total. The van der Waals surface area contributed by atoms with Gasteiger partial charge in [0, 0.05) is 11.8 Å². The number of nitrogens with one attached hydrogen (secondary N) is 1. The molecule has 1 aliphatic carbocycles. The van der Waals surface area contributed by atoms with Gasteiger partial charge in [-0.3, -0.25) is 4.79 Å². The Morgan fingerprint density at radius 1 is 1.50 bits per heavy atom. The van der Waals surface area contributed by atoms with E-state index in [-0.39, 0.29) is 5.56 Å². The van der Waals surface area contributed by atoms with Crippen LogP contribution in [0.4, 0.5) is 0 Å². The molecule has 0 radical (unpaired) electrons. The lowest BCUT2D eigenvalue weighted by Crippen LogP contribution is -2.15. The molecule has 2 heteroatoms. The van der Waals surface area contributed by atoms with Crippen molar-refractivity contribution in [1.29, 1.82) is 0 Å². The summed E-state index contributed by atoms with van der Waals surface area (Å²) in [6.45, 7) is 2.22. The van der Waals surface area contributed by atoms with E-state index < -0.39 is 0 Å². The van der Waals surface area contributed by atoms with Crippen LogP contribution in [0.1, 0.15) is 36.9 Å². The molecule has 0 saturated carbocycles. The van der Waals surface area contributed by atoms with Crippen LogP contribution in [0.2, 0.25) is 0 Å². The average Bonchev–Trinajstić information content (AvgIpc) is 2.04. The summed E-state index contributed by atoms with van der Waals surface area (Å²) in [5.41, 5.74) is 2.52. The van der Waals surface area contributed by atoms with Crippen molar-refractivity contribution in [1.82, 2.24) is 4.98 Å². The van der Waals surface area contributed by atoms with E-state index in [0.717, 1.165) is 12.1 Å². The first-order chi connectivity index (χ1) is 5.77. The fourth-order valence-electron chi connectivity index (χ4n) is 1.94. The lowest BCUT2D eigenvalue weighted by molar-refractivity contribution is 0.577. The first kappa shape index (κ1) is 7.59. The van der Waals surface area contributed by atoms with Gasteiger partial charge in [0.1, 0.15) is 0 Å². The van der Waals surface area contributed by atoms with Gasteiger partial charge in [0.15, 0.2) is 0 Å². The van der Waals surface area contributed by atoms with Crippen LogP contribution in [-0.2, 0) is 6.42 Å². The maximum atomic E-state index is 11.0. The fraction of sp³-hybridized carbons (Fsp3) is 0.500. The summed E-state index contributed by atoms with van der Waals surface area (Å²) in [5.74, 6) is 0.616. The van der Waals surface area contributed by atoms with Crippen molar-refractivity contribution in [2.75, 3.05) is 0 Å². The summed E-state index contributed by atoms with van der Waals surface area (Å²) in [5, 5.41) is 0. The molecular weight excluding hydrogens is 150 g/mol. The van der Waals surface area contributed by atoms with E-state index in [1.165, 1.54) is 18.4 Å². The van der Waals surface area contributed by atoms with Gasteiger partial charge in [-0.15, -0.1) is 0 Å². The lowest BCUT2D eigenvalue weighted by Gasteiger charge is -2.20. The molecule has 1 aromatic rings. The number of fused-ring (bicyclic) bond motifs is 1. The van der Waals surface area contributed by atoms with E-state index in [4.69, 9.17) is 0 Å². The van der Waals surface area contributed by atoms with Crippen LogP contribution in [-0.4, -0.2) is 4.98 Å². The average molecular weight is 163 g/mol. The normalized spacial score (nSPS) is 21.9. The van der Waals surface area contributed by atoms with Crippen molar-refractivity contribution in [3.63, 3.8) is 0 Å². The van der Waals surface area contributed by atoms with Crippen LogP contribution in [0, 0.1) is 0 Å². The molecule has 0 saturated heterocycles. The van der Waals surface area contributed by atoms with Gasteiger partial charge in [-0.25, -0.2) is 0 Å². The molecule has 1 atom stereocenters. The van der Waals surface area contributed by atoms with Crippen molar-refractivity contribution in [3.05, 3.63) is 33.7 Å². The predicted molar refractivity (Wildman–Crippen MR) is 48.4 cm³/mol. The zero-order valence-electron chi connectivity index (χ0n) is 7.26. The number of pyridine rings is 1. The molecule has 0 bridgehead atoms. The quantitative estimate of drug-likeness (QED) is 0.621. The summed E-state index contributed by atoms with van der Waals surface area (Å²) in [6, 6.07) is 3.60. The molecule has 2 rings (SSSR count). The molecular formula is C10H13NO. The van der Waals surface area contributed by atoms with Crippen molar-refractivity contribution in [2.24, 2.45) is 0 Å². The van der Waals surface area contributed by atoms with Crippen LogP contribution in [0.3, 0.4) is 0 Å². The number of hydrogen-bond donors (Lipinski definition) is 1. The Morgan fingerprint density at radius 2 is 2.33 bits per heavy atom. The van der Waals surface area contributed by atoms with E-state index in [2.05, 4.69) is 11.9 Å². The van der Waals surface area contributed by atoms with Crippen LogP contribution in [0.5, 0.6) is 0 Å². The summed E-state index contributed by atoms with van der Waals surface area (Å²) in [4.78, 5) is 13.9. The summed E-state index contributed by atoms with van der Waals surface area (Å²) >= 11 is 0. The van der Waals surface area contributed by atoms with Gasteiger partial charge >= 0.3 is 0 Å². The molecule has 64 valence electrons. The Kier molecular flexibility index (Phi) is 1.75. The molecule has 0 fully saturated rings. The minimum atomic E-state index is 0.0304. The SMILES string of the molecule is CC1CCCc2[nH]c(=O)ccc21. The highest BCUT2D eigenvalue weighted by molar-refractivity contribution is 5.25. The number of aryl methyl sites for hydroxylation is 1. The number of aromatic nitrogens is 1. The van der Waals surface area contributed by atoms with Crippen molar-refractivity contribution in [2.45, 2.75) is 32.1 Å². The number of aromatic amines is 1. The maximum Gasteiger partial charge on any atom is 0.248 e. The standard InChI is InChI=1S/C10H13NO/c1-7-3-2-4-9-8(7)5-6-10(12)11-9/h5-7H,2-4H2,1H3,(H,11,12). The monoisotopic (exact) mass is 163 g/mol. The van der Waals surface area contributed by atoms with Gasteiger partial charge in [0.05, 0.1) is 0 Å². The third-order valence-electron chi connectivity index (χ3n) is 2.63. The maximum absolute atomic E-state index is 11.0. The van der Waals surface area contributed by atoms with Crippen molar-refractivity contribution in [3.8, 4) is 0 Å². The highest BCUT2D eigenvalue weighted by Crippen LogP contribution is 2.28. The van der Waals surface area contributed by atoms with Gasteiger partial charge in [-0.1, -0.05) is 13.0 Å². The van der Waals surface area contributed by atoms with Crippen LogP contribution in [0.15, 0.2) is 16.9 Å². The Morgan fingerprint density at radius 3 is 3.17 bits per heavy atom. The van der Waals surface area contributed by atoms with E-state index in [1.54, 1.807) is 6.07 Å². The summed E-state index contributed by atoms with van der Waals surface area (Å²) in [6.07, 6.45) is 3.49. The second kappa shape index (κ2) is 2.77. The molecule has 0 spiro atoms. The van der Waals surface area contributed by atoms with Crippen LogP contribution in [0.25, 0.3) is 0 Å². The Labute approximate surface area is 71.6 Å². The fourth-order valence-corrected chi connectivity index (χ4v) is 1.94. The Balaban J connectivity index is 2.53. The second-order valence-electron chi connectivity index (χ2n) is 3.55. The Hall–Kier alpha value is -1.05. The van der Waals surface area contributed by atoms with E-state index in [1.807, 2.05) is 6.07 Å². The number of rotatable bonds is 0. The van der Waals surface area contributed by atoms with Gasteiger partial charge in [-0.2, -0.15) is 0 Å². The highest BCUT2D eigenvalue weighted by atomic mass is 16.1. The smallest absolute Gasteiger partial charge is 0.248 e. The third-order valence-corrected chi connectivity index (χ3v) is 2.63. The van der Waals surface area contributed by atoms with E-state index in [0.29, 0.717) is 5.92 Å². The van der Waals surface area contributed by atoms with Gasteiger partial charge in [0.25, 0.3) is 0 Å². The summed E-state index contributed by atoms with van der Waals surface area (Å²) in [7, 11) is 0.